The highest BCUT2D eigenvalue weighted by molar-refractivity contribution is 7.03. The van der Waals surface area contributed by atoms with Gasteiger partial charge in [0.2, 0.25) is 0 Å². The van der Waals surface area contributed by atoms with Gasteiger partial charge in [-0.3, -0.25) is 9.78 Å². The van der Waals surface area contributed by atoms with Gasteiger partial charge in [0.25, 0.3) is 5.91 Å². The molecule has 2 heterocycles. The van der Waals surface area contributed by atoms with Crippen molar-refractivity contribution in [2.45, 2.75) is 26.4 Å². The van der Waals surface area contributed by atoms with Crippen LogP contribution >= 0.6 is 11.5 Å². The molecule has 24 heavy (non-hydrogen) atoms. The van der Waals surface area contributed by atoms with Crippen LogP contribution in [0.4, 0.5) is 0 Å². The highest BCUT2D eigenvalue weighted by atomic mass is 32.1. The number of pyridine rings is 1. The van der Waals surface area contributed by atoms with Crippen LogP contribution in [0.15, 0.2) is 54.2 Å². The number of carbonyl (C=O) groups excluding carboxylic acids is 1. The van der Waals surface area contributed by atoms with Crippen molar-refractivity contribution in [1.29, 1.82) is 0 Å². The Morgan fingerprint density at radius 1 is 1.08 bits per heavy atom. The minimum atomic E-state index is -0.118. The van der Waals surface area contributed by atoms with Crippen molar-refractivity contribution in [3.05, 3.63) is 76.6 Å². The van der Waals surface area contributed by atoms with E-state index >= 15 is 0 Å². The molecule has 1 aromatic carbocycles. The summed E-state index contributed by atoms with van der Waals surface area (Å²) in [6.07, 6.45) is 4.51. The molecule has 2 aromatic heterocycles. The van der Waals surface area contributed by atoms with Gasteiger partial charge in [-0.2, -0.15) is 0 Å². The zero-order valence-electron chi connectivity index (χ0n) is 13.4. The molecule has 0 radical (unpaired) electrons. The number of rotatable bonds is 6. The number of aromatic nitrogens is 3. The lowest BCUT2D eigenvalue weighted by Crippen LogP contribution is -2.30. The van der Waals surface area contributed by atoms with Crippen LogP contribution in [-0.2, 0) is 19.5 Å². The molecule has 0 N–H and O–H groups in total. The van der Waals surface area contributed by atoms with E-state index in [4.69, 9.17) is 0 Å². The molecule has 0 saturated heterocycles. The molecule has 0 aliphatic carbocycles. The second kappa shape index (κ2) is 7.79. The Labute approximate surface area is 145 Å². The molecule has 0 bridgehead atoms. The molecular formula is C18H18N4OS. The van der Waals surface area contributed by atoms with Crippen molar-refractivity contribution < 1.29 is 4.79 Å². The van der Waals surface area contributed by atoms with Crippen molar-refractivity contribution in [2.24, 2.45) is 0 Å². The van der Waals surface area contributed by atoms with Gasteiger partial charge in [0.05, 0.1) is 0 Å². The smallest absolute Gasteiger partial charge is 0.275 e. The Bertz CT molecular complexity index is 773. The maximum absolute atomic E-state index is 12.7. The maximum atomic E-state index is 12.7. The summed E-state index contributed by atoms with van der Waals surface area (Å²) in [4.78, 5) is 18.6. The summed E-state index contributed by atoms with van der Waals surface area (Å²) in [6.45, 7) is 3.14. The molecular weight excluding hydrogens is 320 g/mol. The summed E-state index contributed by atoms with van der Waals surface area (Å²) in [5, 5.41) is 5.59. The molecule has 3 aromatic rings. The summed E-state index contributed by atoms with van der Waals surface area (Å²) in [5.41, 5.74) is 3.74. The zero-order chi connectivity index (χ0) is 16.8. The fourth-order valence-electron chi connectivity index (χ4n) is 2.43. The third kappa shape index (κ3) is 4.02. The number of hydrogen-bond acceptors (Lipinski definition) is 5. The summed E-state index contributed by atoms with van der Waals surface area (Å²) < 4.78 is 3.79. The van der Waals surface area contributed by atoms with Gasteiger partial charge in [-0.15, -0.1) is 5.10 Å². The molecule has 0 aliphatic rings. The molecule has 0 unspecified atom stereocenters. The first-order chi connectivity index (χ1) is 11.8. The summed E-state index contributed by atoms with van der Waals surface area (Å²) in [6, 6.07) is 12.2. The minimum absolute atomic E-state index is 0.118. The van der Waals surface area contributed by atoms with E-state index in [1.54, 1.807) is 22.7 Å². The van der Waals surface area contributed by atoms with Crippen LogP contribution in [0.1, 0.15) is 34.1 Å². The van der Waals surface area contributed by atoms with E-state index in [1.165, 1.54) is 17.1 Å². The number of carbonyl (C=O) groups is 1. The second-order valence-corrected chi connectivity index (χ2v) is 6.09. The van der Waals surface area contributed by atoms with E-state index in [9.17, 15) is 4.79 Å². The van der Waals surface area contributed by atoms with Gasteiger partial charge >= 0.3 is 0 Å². The average molecular weight is 338 g/mol. The first-order valence-corrected chi connectivity index (χ1v) is 8.63. The molecule has 122 valence electrons. The molecule has 0 aliphatic heterocycles. The number of aryl methyl sites for hydroxylation is 1. The highest BCUT2D eigenvalue weighted by Gasteiger charge is 2.19. The third-order valence-electron chi connectivity index (χ3n) is 3.77. The van der Waals surface area contributed by atoms with E-state index in [0.29, 0.717) is 18.8 Å². The first-order valence-electron chi connectivity index (χ1n) is 7.79. The predicted octanol–water partition coefficient (Wildman–Crippen LogP) is 3.34. The lowest BCUT2D eigenvalue weighted by atomic mass is 10.1. The van der Waals surface area contributed by atoms with Crippen molar-refractivity contribution in [3.63, 3.8) is 0 Å². The van der Waals surface area contributed by atoms with Gasteiger partial charge < -0.3 is 4.90 Å². The molecule has 1 amide bonds. The molecule has 6 heteroatoms. The van der Waals surface area contributed by atoms with E-state index in [0.717, 1.165) is 17.5 Å². The van der Waals surface area contributed by atoms with Crippen LogP contribution in [0.2, 0.25) is 0 Å². The Hall–Kier alpha value is -2.60. The first kappa shape index (κ1) is 16.3. The fraction of sp³-hybridized carbons (Fsp3) is 0.222. The summed E-state index contributed by atoms with van der Waals surface area (Å²) >= 11 is 1.18. The van der Waals surface area contributed by atoms with Crippen LogP contribution in [-0.4, -0.2) is 25.4 Å². The third-order valence-corrected chi connectivity index (χ3v) is 4.27. The molecule has 0 fully saturated rings. The lowest BCUT2D eigenvalue weighted by Gasteiger charge is -2.22. The van der Waals surface area contributed by atoms with Crippen LogP contribution in [0.5, 0.6) is 0 Å². The van der Waals surface area contributed by atoms with Gasteiger partial charge in [-0.05, 0) is 40.7 Å². The Balaban J connectivity index is 1.81. The summed E-state index contributed by atoms with van der Waals surface area (Å²) in [5.74, 6) is -0.118. The van der Waals surface area contributed by atoms with E-state index in [2.05, 4.69) is 45.8 Å². The maximum Gasteiger partial charge on any atom is 0.275 e. The van der Waals surface area contributed by atoms with E-state index in [-0.39, 0.29) is 5.91 Å². The van der Waals surface area contributed by atoms with Crippen LogP contribution < -0.4 is 0 Å². The van der Waals surface area contributed by atoms with Crippen molar-refractivity contribution >= 4 is 17.4 Å². The standard InChI is InChI=1S/C18H18N4OS/c1-2-14-5-7-15(8-6-14)11-22(12-16-4-3-9-19-10-16)18(23)17-13-24-21-20-17/h3-10,13H,2,11-12H2,1H3. The SMILES string of the molecule is CCc1ccc(CN(Cc2cccnc2)C(=O)c2csnn2)cc1. The van der Waals surface area contributed by atoms with Gasteiger partial charge in [0.15, 0.2) is 5.69 Å². The fourth-order valence-corrected chi connectivity index (χ4v) is 2.86. The Kier molecular flexibility index (Phi) is 5.28. The number of amides is 1. The molecule has 0 saturated carbocycles. The number of hydrogen-bond donors (Lipinski definition) is 0. The Morgan fingerprint density at radius 3 is 2.46 bits per heavy atom. The lowest BCUT2D eigenvalue weighted by molar-refractivity contribution is 0.0724. The van der Waals surface area contributed by atoms with E-state index < -0.39 is 0 Å². The van der Waals surface area contributed by atoms with Gasteiger partial charge in [-0.25, -0.2) is 0 Å². The van der Waals surface area contributed by atoms with Crippen molar-refractivity contribution in [3.8, 4) is 0 Å². The monoisotopic (exact) mass is 338 g/mol. The predicted molar refractivity (Wildman–Crippen MR) is 93.5 cm³/mol. The van der Waals surface area contributed by atoms with Crippen molar-refractivity contribution in [1.82, 2.24) is 19.5 Å². The largest absolute Gasteiger partial charge is 0.329 e. The average Bonchev–Trinajstić information content (AvgIpc) is 3.17. The zero-order valence-corrected chi connectivity index (χ0v) is 14.2. The van der Waals surface area contributed by atoms with Crippen LogP contribution in [0, 0.1) is 0 Å². The number of benzene rings is 1. The molecule has 3 rings (SSSR count). The molecule has 5 nitrogen and oxygen atoms in total. The Morgan fingerprint density at radius 2 is 1.83 bits per heavy atom. The quantitative estimate of drug-likeness (QED) is 0.692. The van der Waals surface area contributed by atoms with Gasteiger partial charge in [-0.1, -0.05) is 41.7 Å². The van der Waals surface area contributed by atoms with Crippen molar-refractivity contribution in [2.75, 3.05) is 0 Å². The normalized spacial score (nSPS) is 10.5. The van der Waals surface area contributed by atoms with E-state index in [1.807, 2.05) is 12.1 Å². The van der Waals surface area contributed by atoms with Crippen LogP contribution in [0.25, 0.3) is 0 Å². The van der Waals surface area contributed by atoms with Gasteiger partial charge in [0.1, 0.15) is 0 Å². The highest BCUT2D eigenvalue weighted by Crippen LogP contribution is 2.14. The topological polar surface area (TPSA) is 59.0 Å². The van der Waals surface area contributed by atoms with Crippen LogP contribution in [0.3, 0.4) is 0 Å². The number of nitrogens with zero attached hydrogens (tertiary/aromatic N) is 4. The molecule has 0 spiro atoms. The summed E-state index contributed by atoms with van der Waals surface area (Å²) in [7, 11) is 0. The molecule has 0 atom stereocenters. The minimum Gasteiger partial charge on any atom is -0.329 e. The van der Waals surface area contributed by atoms with Gasteiger partial charge in [0, 0.05) is 30.9 Å². The second-order valence-electron chi connectivity index (χ2n) is 5.48.